The van der Waals surface area contributed by atoms with E-state index in [1.807, 2.05) is 0 Å². The summed E-state index contributed by atoms with van der Waals surface area (Å²) in [6.45, 7) is 2.08. The van der Waals surface area contributed by atoms with Crippen LogP contribution in [-0.4, -0.2) is 0 Å². The minimum Gasteiger partial charge on any atom is -0.323 e. The Bertz CT molecular complexity index is 282. The highest BCUT2D eigenvalue weighted by Crippen LogP contribution is 2.24. The molecule has 2 N–H and O–H groups in total. The zero-order valence-corrected chi connectivity index (χ0v) is 8.03. The van der Waals surface area contributed by atoms with E-state index >= 15 is 0 Å². The molecule has 0 saturated heterocycles. The number of nitrogens with two attached hydrogens (primary N) is 1. The van der Waals surface area contributed by atoms with Gasteiger partial charge in [-0.2, -0.15) is 0 Å². The van der Waals surface area contributed by atoms with Crippen LogP contribution in [0, 0.1) is 19.3 Å². The number of rotatable bonds is 3. The van der Waals surface area contributed by atoms with Crippen molar-refractivity contribution in [2.24, 2.45) is 5.73 Å². The van der Waals surface area contributed by atoms with E-state index in [1.54, 1.807) is 11.3 Å². The van der Waals surface area contributed by atoms with Crippen molar-refractivity contribution in [3.05, 3.63) is 21.9 Å². The molecule has 1 aromatic rings. The molecule has 2 heteroatoms. The van der Waals surface area contributed by atoms with Crippen LogP contribution in [0.3, 0.4) is 0 Å². The van der Waals surface area contributed by atoms with Gasteiger partial charge in [0.05, 0.1) is 0 Å². The minimum atomic E-state index is 0.126. The molecular weight excluding hydrogens is 166 g/mol. The molecule has 0 aliphatic carbocycles. The fourth-order valence-electron chi connectivity index (χ4n) is 1.13. The van der Waals surface area contributed by atoms with Gasteiger partial charge in [-0.3, -0.25) is 0 Å². The highest BCUT2D eigenvalue weighted by molar-refractivity contribution is 7.10. The molecule has 0 aliphatic rings. The van der Waals surface area contributed by atoms with Crippen LogP contribution in [0.25, 0.3) is 0 Å². The first-order valence-corrected chi connectivity index (χ1v) is 4.86. The van der Waals surface area contributed by atoms with Gasteiger partial charge >= 0.3 is 0 Å². The standard InChI is InChI=1S/C10H13NS/c1-3-4-5-9(11)10-8(2)6-7-12-10/h1,6-7,9H,4-5,11H2,2H3. The quantitative estimate of drug-likeness (QED) is 0.709. The molecule has 0 bridgehead atoms. The zero-order chi connectivity index (χ0) is 8.97. The molecule has 64 valence electrons. The van der Waals surface area contributed by atoms with E-state index in [0.29, 0.717) is 0 Å². The summed E-state index contributed by atoms with van der Waals surface area (Å²) in [6.07, 6.45) is 6.82. The number of hydrogen-bond acceptors (Lipinski definition) is 2. The normalized spacial score (nSPS) is 12.4. The summed E-state index contributed by atoms with van der Waals surface area (Å²) in [6, 6.07) is 2.22. The summed E-state index contributed by atoms with van der Waals surface area (Å²) in [5.41, 5.74) is 7.22. The molecule has 0 aromatic carbocycles. The van der Waals surface area contributed by atoms with Crippen molar-refractivity contribution < 1.29 is 0 Å². The van der Waals surface area contributed by atoms with Crippen molar-refractivity contribution in [3.8, 4) is 12.3 Å². The maximum atomic E-state index is 5.94. The van der Waals surface area contributed by atoms with E-state index in [9.17, 15) is 0 Å². The van der Waals surface area contributed by atoms with Crippen molar-refractivity contribution in [2.75, 3.05) is 0 Å². The monoisotopic (exact) mass is 179 g/mol. The number of hydrogen-bond donors (Lipinski definition) is 1. The lowest BCUT2D eigenvalue weighted by Gasteiger charge is -2.08. The van der Waals surface area contributed by atoms with Gasteiger partial charge in [0.2, 0.25) is 0 Å². The Kier molecular flexibility index (Phi) is 3.33. The van der Waals surface area contributed by atoms with Gasteiger partial charge in [-0.05, 0) is 30.4 Å². The van der Waals surface area contributed by atoms with Gasteiger partial charge < -0.3 is 5.73 Å². The predicted molar refractivity (Wildman–Crippen MR) is 54.1 cm³/mol. The fraction of sp³-hybridized carbons (Fsp3) is 0.400. The Balaban J connectivity index is 2.60. The van der Waals surface area contributed by atoms with Gasteiger partial charge in [-0.1, -0.05) is 0 Å². The second-order valence-electron chi connectivity index (χ2n) is 2.82. The van der Waals surface area contributed by atoms with Gasteiger partial charge in [0, 0.05) is 17.3 Å². The van der Waals surface area contributed by atoms with E-state index in [2.05, 4.69) is 24.3 Å². The van der Waals surface area contributed by atoms with Crippen molar-refractivity contribution >= 4 is 11.3 Å². The van der Waals surface area contributed by atoms with E-state index in [4.69, 9.17) is 12.2 Å². The number of aryl methyl sites for hydroxylation is 1. The molecule has 1 unspecified atom stereocenters. The molecule has 0 spiro atoms. The fourth-order valence-corrected chi connectivity index (χ4v) is 2.10. The van der Waals surface area contributed by atoms with Crippen molar-refractivity contribution in [1.82, 2.24) is 0 Å². The lowest BCUT2D eigenvalue weighted by Crippen LogP contribution is -2.08. The Morgan fingerprint density at radius 1 is 1.75 bits per heavy atom. The maximum Gasteiger partial charge on any atom is 0.0401 e. The van der Waals surface area contributed by atoms with Gasteiger partial charge in [-0.15, -0.1) is 23.7 Å². The highest BCUT2D eigenvalue weighted by atomic mass is 32.1. The van der Waals surface area contributed by atoms with Crippen LogP contribution < -0.4 is 5.73 Å². The summed E-state index contributed by atoms with van der Waals surface area (Å²) in [5.74, 6) is 2.60. The Morgan fingerprint density at radius 3 is 3.00 bits per heavy atom. The number of thiophene rings is 1. The first-order valence-electron chi connectivity index (χ1n) is 3.98. The van der Waals surface area contributed by atoms with E-state index in [-0.39, 0.29) is 6.04 Å². The van der Waals surface area contributed by atoms with Gasteiger partial charge in [-0.25, -0.2) is 0 Å². The number of terminal acetylenes is 1. The predicted octanol–water partition coefficient (Wildman–Crippen LogP) is 2.47. The third kappa shape index (κ3) is 2.10. The largest absolute Gasteiger partial charge is 0.323 e. The first kappa shape index (κ1) is 9.31. The molecule has 1 heterocycles. The molecule has 0 fully saturated rings. The lowest BCUT2D eigenvalue weighted by atomic mass is 10.1. The molecule has 12 heavy (non-hydrogen) atoms. The van der Waals surface area contributed by atoms with E-state index in [1.165, 1.54) is 10.4 Å². The summed E-state index contributed by atoms with van der Waals surface area (Å²) in [7, 11) is 0. The summed E-state index contributed by atoms with van der Waals surface area (Å²) < 4.78 is 0. The van der Waals surface area contributed by atoms with Crippen molar-refractivity contribution in [2.45, 2.75) is 25.8 Å². The van der Waals surface area contributed by atoms with Gasteiger partial charge in [0.15, 0.2) is 0 Å². The third-order valence-electron chi connectivity index (χ3n) is 1.84. The molecular formula is C10H13NS. The molecule has 0 amide bonds. The molecule has 0 radical (unpaired) electrons. The minimum absolute atomic E-state index is 0.126. The van der Waals surface area contributed by atoms with Gasteiger partial charge in [0.1, 0.15) is 0 Å². The molecule has 1 atom stereocenters. The Morgan fingerprint density at radius 2 is 2.50 bits per heavy atom. The smallest absolute Gasteiger partial charge is 0.0401 e. The van der Waals surface area contributed by atoms with Crippen molar-refractivity contribution in [1.29, 1.82) is 0 Å². The lowest BCUT2D eigenvalue weighted by molar-refractivity contribution is 0.676. The Hall–Kier alpha value is -0.780. The summed E-state index contributed by atoms with van der Waals surface area (Å²) >= 11 is 1.71. The zero-order valence-electron chi connectivity index (χ0n) is 7.21. The molecule has 0 saturated carbocycles. The van der Waals surface area contributed by atoms with Gasteiger partial charge in [0.25, 0.3) is 0 Å². The van der Waals surface area contributed by atoms with Crippen molar-refractivity contribution in [3.63, 3.8) is 0 Å². The second-order valence-corrected chi connectivity index (χ2v) is 3.76. The van der Waals surface area contributed by atoms with Crippen LogP contribution in [0.2, 0.25) is 0 Å². The second kappa shape index (κ2) is 4.30. The first-order chi connectivity index (χ1) is 5.75. The SMILES string of the molecule is C#CCCC(N)c1sccc1C. The van der Waals surface area contributed by atoms with Crippen LogP contribution in [0.15, 0.2) is 11.4 Å². The summed E-state index contributed by atoms with van der Waals surface area (Å²) in [4.78, 5) is 1.27. The average Bonchev–Trinajstić information content (AvgIpc) is 2.47. The molecule has 1 nitrogen and oxygen atoms in total. The summed E-state index contributed by atoms with van der Waals surface area (Å²) in [5, 5.41) is 2.07. The highest BCUT2D eigenvalue weighted by Gasteiger charge is 2.08. The molecule has 1 aromatic heterocycles. The van der Waals surface area contributed by atoms with Crippen LogP contribution >= 0.6 is 11.3 Å². The average molecular weight is 179 g/mol. The van der Waals surface area contributed by atoms with E-state index < -0.39 is 0 Å². The van der Waals surface area contributed by atoms with Crippen LogP contribution in [0.1, 0.15) is 29.3 Å². The third-order valence-corrected chi connectivity index (χ3v) is 2.99. The van der Waals surface area contributed by atoms with Crippen LogP contribution in [0.4, 0.5) is 0 Å². The van der Waals surface area contributed by atoms with Crippen LogP contribution in [-0.2, 0) is 0 Å². The topological polar surface area (TPSA) is 26.0 Å². The van der Waals surface area contributed by atoms with Crippen LogP contribution in [0.5, 0.6) is 0 Å². The Labute approximate surface area is 77.6 Å². The van der Waals surface area contributed by atoms with E-state index in [0.717, 1.165) is 12.8 Å². The molecule has 1 rings (SSSR count). The molecule has 0 aliphatic heterocycles. The maximum absolute atomic E-state index is 5.94.